The van der Waals surface area contributed by atoms with Crippen molar-refractivity contribution in [1.29, 1.82) is 0 Å². The number of aromatic amines is 1. The minimum Gasteiger partial charge on any atom is -0.359 e. The molecule has 0 atom stereocenters. The van der Waals surface area contributed by atoms with Gasteiger partial charge in [-0.25, -0.2) is 0 Å². The van der Waals surface area contributed by atoms with Gasteiger partial charge < -0.3 is 4.98 Å². The lowest BCUT2D eigenvalue weighted by molar-refractivity contribution is -0.137. The van der Waals surface area contributed by atoms with Crippen LogP contribution in [0, 0.1) is 6.92 Å². The van der Waals surface area contributed by atoms with Crippen molar-refractivity contribution in [3.05, 3.63) is 57.7 Å². The van der Waals surface area contributed by atoms with E-state index in [-0.39, 0.29) is 5.02 Å². The smallest absolute Gasteiger partial charge is 0.359 e. The van der Waals surface area contributed by atoms with Crippen LogP contribution in [-0.4, -0.2) is 4.98 Å². The molecule has 0 fully saturated rings. The van der Waals surface area contributed by atoms with Crippen molar-refractivity contribution in [3.63, 3.8) is 0 Å². The lowest BCUT2D eigenvalue weighted by Crippen LogP contribution is -2.04. The molecular weight excluding hydrogens is 334 g/mol. The van der Waals surface area contributed by atoms with Gasteiger partial charge in [0.25, 0.3) is 0 Å². The van der Waals surface area contributed by atoms with Crippen molar-refractivity contribution in [2.75, 3.05) is 0 Å². The standard InChI is InChI=1S/C16H10Cl2F3N/c1-8-4-9-5-12(14(18)7-15(9)22-8)11-3-2-10(6-13(11)17)16(19,20)21/h2-7,22H,1H3. The maximum Gasteiger partial charge on any atom is 0.416 e. The summed E-state index contributed by atoms with van der Waals surface area (Å²) in [6.45, 7) is 1.92. The van der Waals surface area contributed by atoms with Gasteiger partial charge in [0.2, 0.25) is 0 Å². The van der Waals surface area contributed by atoms with E-state index < -0.39 is 11.7 Å². The van der Waals surface area contributed by atoms with Crippen LogP contribution >= 0.6 is 23.2 Å². The van der Waals surface area contributed by atoms with Crippen molar-refractivity contribution in [1.82, 2.24) is 4.98 Å². The fourth-order valence-corrected chi connectivity index (χ4v) is 2.96. The number of hydrogen-bond acceptors (Lipinski definition) is 0. The second kappa shape index (κ2) is 5.21. The van der Waals surface area contributed by atoms with Crippen molar-refractivity contribution < 1.29 is 13.2 Å². The highest BCUT2D eigenvalue weighted by molar-refractivity contribution is 6.37. The third-order valence-electron chi connectivity index (χ3n) is 3.43. The molecule has 114 valence electrons. The molecule has 6 heteroatoms. The van der Waals surface area contributed by atoms with Crippen molar-refractivity contribution in [2.45, 2.75) is 13.1 Å². The Morgan fingerprint density at radius 2 is 1.59 bits per heavy atom. The Kier molecular flexibility index (Phi) is 3.62. The van der Waals surface area contributed by atoms with Gasteiger partial charge in [-0.1, -0.05) is 29.3 Å². The van der Waals surface area contributed by atoms with E-state index in [9.17, 15) is 13.2 Å². The van der Waals surface area contributed by atoms with Crippen LogP contribution in [-0.2, 0) is 6.18 Å². The van der Waals surface area contributed by atoms with Crippen molar-refractivity contribution in [2.24, 2.45) is 0 Å². The topological polar surface area (TPSA) is 15.8 Å². The Bertz CT molecular complexity index is 866. The molecule has 0 saturated carbocycles. The summed E-state index contributed by atoms with van der Waals surface area (Å²) in [6, 6.07) is 8.76. The molecule has 1 heterocycles. The highest BCUT2D eigenvalue weighted by Crippen LogP contribution is 2.39. The first kappa shape index (κ1) is 15.3. The normalized spacial score (nSPS) is 12.1. The molecule has 0 amide bonds. The maximum absolute atomic E-state index is 12.7. The molecule has 2 aromatic carbocycles. The second-order valence-electron chi connectivity index (χ2n) is 5.06. The summed E-state index contributed by atoms with van der Waals surface area (Å²) in [5, 5.41) is 1.37. The first-order valence-corrected chi connectivity index (χ1v) is 7.17. The van der Waals surface area contributed by atoms with E-state index in [2.05, 4.69) is 4.98 Å². The first-order chi connectivity index (χ1) is 10.3. The predicted molar refractivity (Wildman–Crippen MR) is 83.5 cm³/mol. The predicted octanol–water partition coefficient (Wildman–Crippen LogP) is 6.47. The number of halogens is 5. The summed E-state index contributed by atoms with van der Waals surface area (Å²) in [6.07, 6.45) is -4.42. The SMILES string of the molecule is Cc1cc2cc(-c3ccc(C(F)(F)F)cc3Cl)c(Cl)cc2[nH]1. The van der Waals surface area contributed by atoms with Crippen LogP contribution in [0.15, 0.2) is 36.4 Å². The molecule has 1 nitrogen and oxygen atoms in total. The van der Waals surface area contributed by atoms with Gasteiger partial charge in [0.05, 0.1) is 10.6 Å². The molecule has 0 aliphatic rings. The van der Waals surface area contributed by atoms with E-state index in [1.54, 1.807) is 6.07 Å². The lowest BCUT2D eigenvalue weighted by Gasteiger charge is -2.11. The van der Waals surface area contributed by atoms with E-state index in [4.69, 9.17) is 23.2 Å². The van der Waals surface area contributed by atoms with Crippen LogP contribution in [0.1, 0.15) is 11.3 Å². The summed E-state index contributed by atoms with van der Waals surface area (Å²) in [7, 11) is 0. The zero-order valence-electron chi connectivity index (χ0n) is 11.4. The van der Waals surface area contributed by atoms with E-state index >= 15 is 0 Å². The Balaban J connectivity index is 2.16. The molecule has 0 aliphatic carbocycles. The van der Waals surface area contributed by atoms with Crippen molar-refractivity contribution >= 4 is 34.1 Å². The molecular formula is C16H10Cl2F3N. The molecule has 3 aromatic rings. The van der Waals surface area contributed by atoms with Crippen LogP contribution in [0.5, 0.6) is 0 Å². The minimum absolute atomic E-state index is 0.0170. The van der Waals surface area contributed by atoms with Gasteiger partial charge in [0.15, 0.2) is 0 Å². The third-order valence-corrected chi connectivity index (χ3v) is 4.06. The fraction of sp³-hybridized carbons (Fsp3) is 0.125. The molecule has 3 rings (SSSR count). The number of alkyl halides is 3. The van der Waals surface area contributed by atoms with E-state index in [1.807, 2.05) is 19.1 Å². The van der Waals surface area contributed by atoms with Crippen LogP contribution in [0.2, 0.25) is 10.0 Å². The third kappa shape index (κ3) is 2.69. The molecule has 22 heavy (non-hydrogen) atoms. The monoisotopic (exact) mass is 343 g/mol. The molecule has 0 unspecified atom stereocenters. The van der Waals surface area contributed by atoms with Crippen molar-refractivity contribution in [3.8, 4) is 11.1 Å². The molecule has 0 spiro atoms. The van der Waals surface area contributed by atoms with Gasteiger partial charge in [0.1, 0.15) is 0 Å². The Hall–Kier alpha value is -1.65. The molecule has 1 N–H and O–H groups in total. The average Bonchev–Trinajstić information content (AvgIpc) is 2.76. The zero-order valence-corrected chi connectivity index (χ0v) is 12.9. The van der Waals surface area contributed by atoms with Gasteiger partial charge >= 0.3 is 6.18 Å². The molecule has 0 radical (unpaired) electrons. The number of aromatic nitrogens is 1. The van der Waals surface area contributed by atoms with Gasteiger partial charge in [-0.05, 0) is 37.3 Å². The van der Waals surface area contributed by atoms with Crippen LogP contribution < -0.4 is 0 Å². The number of benzene rings is 2. The van der Waals surface area contributed by atoms with Gasteiger partial charge in [0, 0.05) is 32.7 Å². The number of H-pyrrole nitrogens is 1. The quantitative estimate of drug-likeness (QED) is 0.521. The number of hydrogen-bond donors (Lipinski definition) is 1. The summed E-state index contributed by atoms with van der Waals surface area (Å²) in [5.74, 6) is 0. The summed E-state index contributed by atoms with van der Waals surface area (Å²) in [4.78, 5) is 3.16. The van der Waals surface area contributed by atoms with Crippen LogP contribution in [0.3, 0.4) is 0 Å². The Morgan fingerprint density at radius 3 is 2.23 bits per heavy atom. The summed E-state index contributed by atoms with van der Waals surface area (Å²) >= 11 is 12.3. The molecule has 0 saturated heterocycles. The van der Waals surface area contributed by atoms with Crippen LogP contribution in [0.25, 0.3) is 22.0 Å². The minimum atomic E-state index is -4.42. The van der Waals surface area contributed by atoms with E-state index in [0.29, 0.717) is 16.1 Å². The zero-order chi connectivity index (χ0) is 16.1. The summed E-state index contributed by atoms with van der Waals surface area (Å²) in [5.41, 5.74) is 2.14. The molecule has 0 bridgehead atoms. The number of aryl methyl sites for hydroxylation is 1. The first-order valence-electron chi connectivity index (χ1n) is 6.41. The molecule has 1 aromatic heterocycles. The number of nitrogens with one attached hydrogen (secondary N) is 1. The largest absolute Gasteiger partial charge is 0.416 e. The molecule has 0 aliphatic heterocycles. The van der Waals surface area contributed by atoms with E-state index in [0.717, 1.165) is 28.7 Å². The van der Waals surface area contributed by atoms with Gasteiger partial charge in [-0.15, -0.1) is 0 Å². The maximum atomic E-state index is 12.7. The number of fused-ring (bicyclic) bond motifs is 1. The average molecular weight is 344 g/mol. The van der Waals surface area contributed by atoms with E-state index in [1.165, 1.54) is 6.07 Å². The fourth-order valence-electron chi connectivity index (χ4n) is 2.42. The second-order valence-corrected chi connectivity index (χ2v) is 5.88. The lowest BCUT2D eigenvalue weighted by atomic mass is 10.0. The highest BCUT2D eigenvalue weighted by atomic mass is 35.5. The van der Waals surface area contributed by atoms with Crippen LogP contribution in [0.4, 0.5) is 13.2 Å². The van der Waals surface area contributed by atoms with Gasteiger partial charge in [-0.3, -0.25) is 0 Å². The Labute approximate surface area is 134 Å². The number of rotatable bonds is 1. The van der Waals surface area contributed by atoms with Gasteiger partial charge in [-0.2, -0.15) is 13.2 Å². The Morgan fingerprint density at radius 1 is 0.909 bits per heavy atom. The summed E-state index contributed by atoms with van der Waals surface area (Å²) < 4.78 is 38.1. The highest BCUT2D eigenvalue weighted by Gasteiger charge is 2.31.